The van der Waals surface area contributed by atoms with Crippen molar-refractivity contribution in [1.82, 2.24) is 4.68 Å². The molecule has 5 aromatic rings. The van der Waals surface area contributed by atoms with Crippen LogP contribution >= 0.6 is 11.6 Å². The Morgan fingerprint density at radius 1 is 0.677 bits per heavy atom. The molecule has 0 saturated carbocycles. The van der Waals surface area contributed by atoms with E-state index < -0.39 is 0 Å². The van der Waals surface area contributed by atoms with Crippen LogP contribution in [0, 0.1) is 0 Å². The zero-order valence-corrected chi connectivity index (χ0v) is 17.4. The molecule has 1 aromatic heterocycles. The summed E-state index contributed by atoms with van der Waals surface area (Å²) < 4.78 is 1.22. The number of hydrogen-bond donors (Lipinski definition) is 1. The molecule has 0 unspecified atom stereocenters. The molecule has 0 saturated heterocycles. The molecule has 0 aliphatic heterocycles. The van der Waals surface area contributed by atoms with Gasteiger partial charge in [0, 0.05) is 10.6 Å². The summed E-state index contributed by atoms with van der Waals surface area (Å²) in [5.74, 6) is 6.35. The Morgan fingerprint density at radius 3 is 2.16 bits per heavy atom. The molecule has 0 amide bonds. The van der Waals surface area contributed by atoms with Gasteiger partial charge in [-0.1, -0.05) is 96.5 Å². The highest BCUT2D eigenvalue weighted by molar-refractivity contribution is 6.30. The predicted molar refractivity (Wildman–Crippen MR) is 130 cm³/mol. The fraction of sp³-hybridized carbons (Fsp3) is 0. The molecule has 0 spiro atoms. The monoisotopic (exact) mass is 422 g/mol. The standard InChI is InChI=1S/C27H19ClN2O/c28-21-13-6-12-20(16-21)25-17-24(19-8-2-1-3-9-19)26(27(31)30(25)29)23-15-7-11-18-10-4-5-14-22(18)23/h1-17H,29H2. The van der Waals surface area contributed by atoms with Crippen molar-refractivity contribution in [2.75, 3.05) is 5.84 Å². The first kappa shape index (κ1) is 19.2. The summed E-state index contributed by atoms with van der Waals surface area (Å²) in [5.41, 5.74) is 4.36. The molecule has 0 atom stereocenters. The number of fused-ring (bicyclic) bond motifs is 1. The third-order valence-electron chi connectivity index (χ3n) is 5.51. The first-order valence-corrected chi connectivity index (χ1v) is 10.4. The number of halogens is 1. The SMILES string of the molecule is Nn1c(-c2cccc(Cl)c2)cc(-c2ccccc2)c(-c2cccc3ccccc23)c1=O. The van der Waals surface area contributed by atoms with Gasteiger partial charge in [-0.2, -0.15) is 0 Å². The molecule has 2 N–H and O–H groups in total. The first-order valence-electron chi connectivity index (χ1n) is 9.98. The van der Waals surface area contributed by atoms with Gasteiger partial charge in [0.15, 0.2) is 0 Å². The van der Waals surface area contributed by atoms with Crippen LogP contribution in [-0.2, 0) is 0 Å². The van der Waals surface area contributed by atoms with Gasteiger partial charge in [-0.15, -0.1) is 0 Å². The Kier molecular flexibility index (Phi) is 4.81. The number of hydrogen-bond acceptors (Lipinski definition) is 2. The van der Waals surface area contributed by atoms with Crippen LogP contribution in [0.25, 0.3) is 44.3 Å². The molecule has 4 aromatic carbocycles. The van der Waals surface area contributed by atoms with Crippen molar-refractivity contribution in [2.24, 2.45) is 0 Å². The van der Waals surface area contributed by atoms with E-state index in [1.807, 2.05) is 97.1 Å². The maximum absolute atomic E-state index is 13.7. The lowest BCUT2D eigenvalue weighted by Gasteiger charge is -2.17. The Hall–Kier alpha value is -3.82. The normalized spacial score (nSPS) is 11.0. The second kappa shape index (κ2) is 7.78. The molecule has 0 radical (unpaired) electrons. The molecule has 31 heavy (non-hydrogen) atoms. The molecule has 5 rings (SSSR count). The topological polar surface area (TPSA) is 48.0 Å². The molecule has 4 heteroatoms. The lowest BCUT2D eigenvalue weighted by atomic mass is 9.91. The van der Waals surface area contributed by atoms with Crippen LogP contribution in [0.4, 0.5) is 0 Å². The average molecular weight is 423 g/mol. The van der Waals surface area contributed by atoms with Crippen LogP contribution in [0.5, 0.6) is 0 Å². The number of aromatic nitrogens is 1. The summed E-state index contributed by atoms with van der Waals surface area (Å²) in [6, 6.07) is 33.3. The van der Waals surface area contributed by atoms with Crippen molar-refractivity contribution in [2.45, 2.75) is 0 Å². The molecule has 0 bridgehead atoms. The van der Waals surface area contributed by atoms with Crippen LogP contribution in [0.15, 0.2) is 108 Å². The van der Waals surface area contributed by atoms with E-state index in [4.69, 9.17) is 17.4 Å². The van der Waals surface area contributed by atoms with E-state index in [0.29, 0.717) is 16.3 Å². The van der Waals surface area contributed by atoms with Crippen molar-refractivity contribution < 1.29 is 0 Å². The third kappa shape index (κ3) is 3.39. The second-order valence-electron chi connectivity index (χ2n) is 7.40. The molecular formula is C27H19ClN2O. The molecule has 150 valence electrons. The maximum Gasteiger partial charge on any atom is 0.277 e. The summed E-state index contributed by atoms with van der Waals surface area (Å²) in [4.78, 5) is 13.7. The quantitative estimate of drug-likeness (QED) is 0.343. The Balaban J connectivity index is 1.89. The second-order valence-corrected chi connectivity index (χ2v) is 7.83. The van der Waals surface area contributed by atoms with Gasteiger partial charge in [0.25, 0.3) is 5.56 Å². The predicted octanol–water partition coefficient (Wildman–Crippen LogP) is 6.37. The van der Waals surface area contributed by atoms with Crippen molar-refractivity contribution in [1.29, 1.82) is 0 Å². The molecule has 1 heterocycles. The van der Waals surface area contributed by atoms with E-state index in [0.717, 1.165) is 33.0 Å². The average Bonchev–Trinajstić information content (AvgIpc) is 2.81. The lowest BCUT2D eigenvalue weighted by molar-refractivity contribution is 0.951. The van der Waals surface area contributed by atoms with Gasteiger partial charge in [-0.25, -0.2) is 4.68 Å². The first-order chi connectivity index (χ1) is 15.1. The molecule has 0 aliphatic carbocycles. The summed E-state index contributed by atoms with van der Waals surface area (Å²) >= 11 is 6.21. The molecule has 3 nitrogen and oxygen atoms in total. The van der Waals surface area contributed by atoms with Gasteiger partial charge in [0.1, 0.15) is 0 Å². The zero-order chi connectivity index (χ0) is 21.4. The van der Waals surface area contributed by atoms with Gasteiger partial charge in [0.05, 0.1) is 11.3 Å². The van der Waals surface area contributed by atoms with Crippen LogP contribution in [0.2, 0.25) is 5.02 Å². The minimum absolute atomic E-state index is 0.257. The molecule has 0 fully saturated rings. The van der Waals surface area contributed by atoms with Crippen molar-refractivity contribution in [3.63, 3.8) is 0 Å². The van der Waals surface area contributed by atoms with E-state index in [2.05, 4.69) is 0 Å². The van der Waals surface area contributed by atoms with E-state index >= 15 is 0 Å². The number of nitrogens with two attached hydrogens (primary N) is 1. The number of rotatable bonds is 3. The van der Waals surface area contributed by atoms with Crippen LogP contribution < -0.4 is 11.4 Å². The fourth-order valence-electron chi connectivity index (χ4n) is 4.04. The van der Waals surface area contributed by atoms with Crippen molar-refractivity contribution >= 4 is 22.4 Å². The highest BCUT2D eigenvalue weighted by Crippen LogP contribution is 2.36. The Morgan fingerprint density at radius 2 is 1.35 bits per heavy atom. The summed E-state index contributed by atoms with van der Waals surface area (Å²) in [6.07, 6.45) is 0. The van der Waals surface area contributed by atoms with Gasteiger partial charge >= 0.3 is 0 Å². The number of nitrogens with zero attached hydrogens (tertiary/aromatic N) is 1. The van der Waals surface area contributed by atoms with E-state index in [9.17, 15) is 4.79 Å². The Bertz CT molecular complexity index is 1470. The van der Waals surface area contributed by atoms with Gasteiger partial charge < -0.3 is 5.84 Å². The minimum Gasteiger partial charge on any atom is -0.336 e. The van der Waals surface area contributed by atoms with Gasteiger partial charge in [-0.3, -0.25) is 4.79 Å². The zero-order valence-electron chi connectivity index (χ0n) is 16.6. The van der Waals surface area contributed by atoms with Crippen molar-refractivity contribution in [3.05, 3.63) is 119 Å². The summed E-state index contributed by atoms with van der Waals surface area (Å²) in [7, 11) is 0. The summed E-state index contributed by atoms with van der Waals surface area (Å²) in [6.45, 7) is 0. The maximum atomic E-state index is 13.7. The molecular weight excluding hydrogens is 404 g/mol. The van der Waals surface area contributed by atoms with E-state index in [1.54, 1.807) is 6.07 Å². The number of benzene rings is 4. The molecule has 0 aliphatic rings. The lowest BCUT2D eigenvalue weighted by Crippen LogP contribution is -2.30. The largest absolute Gasteiger partial charge is 0.336 e. The van der Waals surface area contributed by atoms with E-state index in [1.165, 1.54) is 4.68 Å². The number of nitrogen functional groups attached to an aromatic ring is 1. The highest BCUT2D eigenvalue weighted by Gasteiger charge is 2.19. The van der Waals surface area contributed by atoms with Crippen LogP contribution in [-0.4, -0.2) is 4.68 Å². The van der Waals surface area contributed by atoms with Gasteiger partial charge in [-0.05, 0) is 45.7 Å². The smallest absolute Gasteiger partial charge is 0.277 e. The van der Waals surface area contributed by atoms with E-state index in [-0.39, 0.29) is 5.56 Å². The number of pyridine rings is 1. The summed E-state index contributed by atoms with van der Waals surface area (Å²) in [5, 5.41) is 2.67. The Labute approximate surface area is 184 Å². The van der Waals surface area contributed by atoms with Crippen LogP contribution in [0.3, 0.4) is 0 Å². The van der Waals surface area contributed by atoms with Crippen molar-refractivity contribution in [3.8, 4) is 33.5 Å². The third-order valence-corrected chi connectivity index (χ3v) is 5.74. The van der Waals surface area contributed by atoms with Crippen LogP contribution in [0.1, 0.15) is 0 Å². The minimum atomic E-state index is -0.257. The fourth-order valence-corrected chi connectivity index (χ4v) is 4.23. The highest BCUT2D eigenvalue weighted by atomic mass is 35.5. The van der Waals surface area contributed by atoms with Gasteiger partial charge in [0.2, 0.25) is 0 Å².